The Morgan fingerprint density at radius 3 is 2.46 bits per heavy atom. The van der Waals surface area contributed by atoms with E-state index in [9.17, 15) is 9.32 Å². The number of unbranched alkanes of at least 4 members (excludes halogenated alkanes) is 1. The van der Waals surface area contributed by atoms with Gasteiger partial charge in [0.05, 0.1) is 29.3 Å². The van der Waals surface area contributed by atoms with E-state index in [0.717, 1.165) is 23.3 Å². The van der Waals surface area contributed by atoms with Crippen molar-refractivity contribution in [2.45, 2.75) is 43.8 Å². The van der Waals surface area contributed by atoms with E-state index in [-0.39, 0.29) is 0 Å². The number of aliphatic hydroxyl groups excluding tert-OH is 1. The first-order valence-electron chi connectivity index (χ1n) is 8.40. The third kappa shape index (κ3) is 6.95. The first kappa shape index (κ1) is 18.8. The van der Waals surface area contributed by atoms with Crippen molar-refractivity contribution in [2.24, 2.45) is 0 Å². The van der Waals surface area contributed by atoms with E-state index in [0.29, 0.717) is 25.4 Å². The Morgan fingerprint density at radius 1 is 1.04 bits per heavy atom. The van der Waals surface area contributed by atoms with Gasteiger partial charge in [0.15, 0.2) is 0 Å². The summed E-state index contributed by atoms with van der Waals surface area (Å²) in [6.45, 7) is 3.31. The van der Waals surface area contributed by atoms with Gasteiger partial charge < -0.3 is 9.84 Å². The zero-order chi connectivity index (χ0) is 17.2. The molecule has 0 aliphatic rings. The van der Waals surface area contributed by atoms with Gasteiger partial charge in [0.25, 0.3) is 0 Å². The summed E-state index contributed by atoms with van der Waals surface area (Å²) in [5.41, 5.74) is 2.32. The van der Waals surface area contributed by atoms with Crippen LogP contribution in [0.25, 0.3) is 0 Å². The van der Waals surface area contributed by atoms with Crippen LogP contribution < -0.4 is 0 Å². The van der Waals surface area contributed by atoms with Crippen molar-refractivity contribution in [1.29, 1.82) is 0 Å². The van der Waals surface area contributed by atoms with Crippen molar-refractivity contribution in [2.75, 3.05) is 12.4 Å². The summed E-state index contributed by atoms with van der Waals surface area (Å²) >= 11 is 0. The van der Waals surface area contributed by atoms with Gasteiger partial charge in [-0.1, -0.05) is 48.0 Å². The van der Waals surface area contributed by atoms with Gasteiger partial charge in [0.1, 0.15) is 0 Å². The minimum Gasteiger partial charge on any atom is -0.392 e. The molecule has 0 saturated carbocycles. The molecule has 0 aliphatic heterocycles. The van der Waals surface area contributed by atoms with Crippen LogP contribution in [-0.4, -0.2) is 27.8 Å². The highest BCUT2D eigenvalue weighted by molar-refractivity contribution is 7.85. The fourth-order valence-electron chi connectivity index (χ4n) is 2.39. The summed E-state index contributed by atoms with van der Waals surface area (Å²) in [4.78, 5) is 0.783. The van der Waals surface area contributed by atoms with Crippen LogP contribution in [0.1, 0.15) is 30.4 Å². The molecular weight excluding hydrogens is 320 g/mol. The molecule has 4 heteroatoms. The van der Waals surface area contributed by atoms with Crippen LogP contribution in [0.2, 0.25) is 0 Å². The van der Waals surface area contributed by atoms with E-state index in [2.05, 4.69) is 0 Å². The van der Waals surface area contributed by atoms with E-state index in [4.69, 9.17) is 4.74 Å². The maximum absolute atomic E-state index is 12.2. The molecule has 0 saturated heterocycles. The Morgan fingerprint density at radius 2 is 1.75 bits per heavy atom. The number of aryl methyl sites for hydroxylation is 1. The second kappa shape index (κ2) is 10.4. The van der Waals surface area contributed by atoms with Crippen LogP contribution in [0.3, 0.4) is 0 Å². The number of hydrogen-bond donors (Lipinski definition) is 1. The van der Waals surface area contributed by atoms with Gasteiger partial charge in [-0.2, -0.15) is 0 Å². The Balaban J connectivity index is 1.57. The maximum atomic E-state index is 12.2. The second-order valence-corrected chi connectivity index (χ2v) is 7.51. The summed E-state index contributed by atoms with van der Waals surface area (Å²) in [5.74, 6) is 0.300. The summed E-state index contributed by atoms with van der Waals surface area (Å²) in [6.07, 6.45) is 1.91. The van der Waals surface area contributed by atoms with E-state index in [1.54, 1.807) is 0 Å². The molecule has 1 N–H and O–H groups in total. The van der Waals surface area contributed by atoms with E-state index < -0.39 is 16.9 Å². The smallest absolute Gasteiger partial charge is 0.0716 e. The van der Waals surface area contributed by atoms with E-state index in [1.807, 2.05) is 61.5 Å². The third-order valence-electron chi connectivity index (χ3n) is 3.82. The zero-order valence-electron chi connectivity index (χ0n) is 14.2. The Bertz CT molecular complexity index is 611. The van der Waals surface area contributed by atoms with Gasteiger partial charge in [-0.15, -0.1) is 0 Å². The molecule has 3 nitrogen and oxygen atoms in total. The Labute approximate surface area is 147 Å². The summed E-state index contributed by atoms with van der Waals surface area (Å²) in [5, 5.41) is 10.0. The topological polar surface area (TPSA) is 46.5 Å². The highest BCUT2D eigenvalue weighted by atomic mass is 32.2. The molecule has 0 amide bonds. The molecule has 0 fully saturated rings. The van der Waals surface area contributed by atoms with Crippen molar-refractivity contribution in [1.82, 2.24) is 0 Å². The summed E-state index contributed by atoms with van der Waals surface area (Å²) in [6, 6.07) is 17.7. The molecule has 130 valence electrons. The summed E-state index contributed by atoms with van der Waals surface area (Å²) < 4.78 is 17.8. The minimum atomic E-state index is -1.14. The number of hydrogen-bond acceptors (Lipinski definition) is 3. The lowest BCUT2D eigenvalue weighted by Gasteiger charge is -2.11. The first-order chi connectivity index (χ1) is 11.6. The average molecular weight is 346 g/mol. The van der Waals surface area contributed by atoms with Crippen LogP contribution in [0.5, 0.6) is 0 Å². The van der Waals surface area contributed by atoms with Crippen LogP contribution >= 0.6 is 0 Å². The van der Waals surface area contributed by atoms with Crippen molar-refractivity contribution in [3.63, 3.8) is 0 Å². The Hall–Kier alpha value is -1.49. The van der Waals surface area contributed by atoms with Crippen molar-refractivity contribution >= 4 is 10.8 Å². The molecule has 24 heavy (non-hydrogen) atoms. The molecule has 2 atom stereocenters. The molecule has 0 heterocycles. The molecule has 0 bridgehead atoms. The lowest BCUT2D eigenvalue weighted by atomic mass is 10.2. The molecule has 2 aromatic carbocycles. The van der Waals surface area contributed by atoms with Crippen molar-refractivity contribution in [3.8, 4) is 0 Å². The van der Waals surface area contributed by atoms with Crippen LogP contribution in [0.4, 0.5) is 0 Å². The fraction of sp³-hybridized carbons (Fsp3) is 0.400. The normalized spacial score (nSPS) is 13.6. The molecule has 2 rings (SSSR count). The largest absolute Gasteiger partial charge is 0.392 e. The number of ether oxygens (including phenoxy) is 1. The van der Waals surface area contributed by atoms with E-state index in [1.165, 1.54) is 5.56 Å². The predicted molar refractivity (Wildman–Crippen MR) is 98.4 cm³/mol. The molecule has 2 aromatic rings. The highest BCUT2D eigenvalue weighted by Crippen LogP contribution is 2.12. The van der Waals surface area contributed by atoms with Crippen LogP contribution in [0, 0.1) is 6.92 Å². The lowest BCUT2D eigenvalue weighted by molar-refractivity contribution is 0.112. The van der Waals surface area contributed by atoms with E-state index >= 15 is 0 Å². The third-order valence-corrected chi connectivity index (χ3v) is 5.30. The lowest BCUT2D eigenvalue weighted by Crippen LogP contribution is -2.17. The molecule has 0 aromatic heterocycles. The predicted octanol–water partition coefficient (Wildman–Crippen LogP) is 3.85. The molecule has 0 aliphatic carbocycles. The molecule has 0 radical (unpaired) electrons. The molecule has 0 spiro atoms. The number of benzene rings is 2. The van der Waals surface area contributed by atoms with Gasteiger partial charge in [-0.3, -0.25) is 4.21 Å². The maximum Gasteiger partial charge on any atom is 0.0716 e. The van der Waals surface area contributed by atoms with Crippen molar-refractivity contribution < 1.29 is 14.1 Å². The SMILES string of the molecule is Cc1ccc([S@](=O)C[C@@H](O)CCCCOCc2ccccc2)cc1. The standard InChI is InChI=1S/C20H26O3S/c1-17-10-12-20(13-11-17)24(22)16-19(21)9-5-6-14-23-15-18-7-3-2-4-8-18/h2-4,7-8,10-13,19,21H,5-6,9,14-16H2,1H3/t19-,24+/m0/s1. The Kier molecular flexibility index (Phi) is 8.16. The van der Waals surface area contributed by atoms with Gasteiger partial charge in [-0.25, -0.2) is 0 Å². The monoisotopic (exact) mass is 346 g/mol. The average Bonchev–Trinajstić information content (AvgIpc) is 2.59. The number of aliphatic hydroxyl groups is 1. The molecule has 0 unspecified atom stereocenters. The quantitative estimate of drug-likeness (QED) is 0.665. The fourth-order valence-corrected chi connectivity index (χ4v) is 3.54. The van der Waals surface area contributed by atoms with Gasteiger partial charge in [0, 0.05) is 11.5 Å². The second-order valence-electron chi connectivity index (χ2n) is 6.01. The first-order valence-corrected chi connectivity index (χ1v) is 9.72. The number of rotatable bonds is 10. The summed E-state index contributed by atoms with van der Waals surface area (Å²) in [7, 11) is -1.14. The van der Waals surface area contributed by atoms with Gasteiger partial charge in [0.2, 0.25) is 0 Å². The van der Waals surface area contributed by atoms with Crippen LogP contribution in [0.15, 0.2) is 59.5 Å². The van der Waals surface area contributed by atoms with Gasteiger partial charge in [-0.05, 0) is 43.9 Å². The van der Waals surface area contributed by atoms with Crippen molar-refractivity contribution in [3.05, 3.63) is 65.7 Å². The molecular formula is C20H26O3S. The minimum absolute atomic E-state index is 0.300. The van der Waals surface area contributed by atoms with Gasteiger partial charge >= 0.3 is 0 Å². The zero-order valence-corrected chi connectivity index (χ0v) is 15.0. The van der Waals surface area contributed by atoms with Crippen LogP contribution in [-0.2, 0) is 22.1 Å². The highest BCUT2D eigenvalue weighted by Gasteiger charge is 2.11.